The molecule has 0 atom stereocenters. The van der Waals surface area contributed by atoms with Crippen LogP contribution in [-0.4, -0.2) is 23.2 Å². The summed E-state index contributed by atoms with van der Waals surface area (Å²) in [5, 5.41) is 1.08. The van der Waals surface area contributed by atoms with Crippen molar-refractivity contribution in [1.29, 1.82) is 0 Å². The second-order valence-electron chi connectivity index (χ2n) is 3.90. The van der Waals surface area contributed by atoms with E-state index < -0.39 is 0 Å². The van der Waals surface area contributed by atoms with Gasteiger partial charge in [0.2, 0.25) is 5.95 Å². The van der Waals surface area contributed by atoms with Gasteiger partial charge in [0.1, 0.15) is 18.2 Å². The van der Waals surface area contributed by atoms with Crippen molar-refractivity contribution in [2.45, 2.75) is 9.92 Å². The highest BCUT2D eigenvalue weighted by atomic mass is 35.5. The SMILES string of the molecule is NNc1ncc(Cl)c(Sc2ccc3c(c2)OCCO3)n1. The molecule has 0 saturated heterocycles. The van der Waals surface area contributed by atoms with Crippen LogP contribution in [0.4, 0.5) is 5.95 Å². The average Bonchev–Trinajstić information content (AvgIpc) is 2.49. The van der Waals surface area contributed by atoms with Gasteiger partial charge in [-0.25, -0.2) is 15.8 Å². The van der Waals surface area contributed by atoms with Crippen molar-refractivity contribution < 1.29 is 9.47 Å². The number of nitrogens with two attached hydrogens (primary N) is 1. The minimum Gasteiger partial charge on any atom is -0.486 e. The van der Waals surface area contributed by atoms with Crippen LogP contribution in [0.3, 0.4) is 0 Å². The molecule has 0 radical (unpaired) electrons. The molecule has 0 saturated carbocycles. The number of hydrazine groups is 1. The fourth-order valence-corrected chi connectivity index (χ4v) is 2.71. The summed E-state index contributed by atoms with van der Waals surface area (Å²) < 4.78 is 11.0. The van der Waals surface area contributed by atoms with E-state index in [0.717, 1.165) is 16.4 Å². The summed E-state index contributed by atoms with van der Waals surface area (Å²) >= 11 is 7.48. The zero-order chi connectivity index (χ0) is 13.9. The lowest BCUT2D eigenvalue weighted by Crippen LogP contribution is -2.15. The van der Waals surface area contributed by atoms with E-state index in [-0.39, 0.29) is 0 Å². The number of aromatic nitrogens is 2. The van der Waals surface area contributed by atoms with Gasteiger partial charge < -0.3 is 9.47 Å². The smallest absolute Gasteiger partial charge is 0.238 e. The third-order valence-electron chi connectivity index (χ3n) is 2.57. The number of fused-ring (bicyclic) bond motifs is 1. The fraction of sp³-hybridized carbons (Fsp3) is 0.167. The summed E-state index contributed by atoms with van der Waals surface area (Å²) in [6.45, 7) is 1.12. The van der Waals surface area contributed by atoms with Crippen molar-refractivity contribution in [3.8, 4) is 11.5 Å². The second-order valence-corrected chi connectivity index (χ2v) is 5.37. The van der Waals surface area contributed by atoms with Crippen molar-refractivity contribution in [3.05, 3.63) is 29.4 Å². The molecule has 3 rings (SSSR count). The standard InChI is InChI=1S/C12H11ClN4O2S/c13-8-6-15-12(17-14)16-11(8)20-7-1-2-9-10(5-7)19-4-3-18-9/h1-2,5-6H,3-4,14H2,(H,15,16,17). The van der Waals surface area contributed by atoms with Crippen molar-refractivity contribution >= 4 is 29.3 Å². The third kappa shape index (κ3) is 2.74. The Hall–Kier alpha value is -1.70. The third-order valence-corrected chi connectivity index (χ3v) is 3.95. The molecule has 3 N–H and O–H groups in total. The highest BCUT2D eigenvalue weighted by molar-refractivity contribution is 7.99. The van der Waals surface area contributed by atoms with E-state index >= 15 is 0 Å². The summed E-state index contributed by atoms with van der Waals surface area (Å²) in [4.78, 5) is 9.08. The van der Waals surface area contributed by atoms with Crippen LogP contribution < -0.4 is 20.7 Å². The molecule has 8 heteroatoms. The topological polar surface area (TPSA) is 82.3 Å². The largest absolute Gasteiger partial charge is 0.486 e. The Balaban J connectivity index is 1.87. The van der Waals surface area contributed by atoms with E-state index in [9.17, 15) is 0 Å². The predicted octanol–water partition coefficient (Wildman–Crippen LogP) is 2.34. The van der Waals surface area contributed by atoms with Crippen LogP contribution in [0.2, 0.25) is 5.02 Å². The van der Waals surface area contributed by atoms with E-state index in [0.29, 0.717) is 29.2 Å². The molecule has 1 aliphatic heterocycles. The maximum Gasteiger partial charge on any atom is 0.238 e. The Morgan fingerprint density at radius 2 is 2.05 bits per heavy atom. The zero-order valence-corrected chi connectivity index (χ0v) is 11.9. The molecule has 0 fully saturated rings. The Labute approximate surface area is 124 Å². The Kier molecular flexibility index (Phi) is 3.81. The first-order chi connectivity index (χ1) is 9.76. The van der Waals surface area contributed by atoms with Crippen LogP contribution in [0, 0.1) is 0 Å². The van der Waals surface area contributed by atoms with Crippen LogP contribution in [0.25, 0.3) is 0 Å². The van der Waals surface area contributed by atoms with Gasteiger partial charge in [-0.15, -0.1) is 0 Å². The van der Waals surface area contributed by atoms with E-state index in [1.165, 1.54) is 18.0 Å². The average molecular weight is 311 g/mol. The van der Waals surface area contributed by atoms with Crippen molar-refractivity contribution in [2.75, 3.05) is 18.6 Å². The maximum atomic E-state index is 6.08. The normalized spacial score (nSPS) is 13.1. The molecule has 2 aromatic rings. The first-order valence-corrected chi connectivity index (χ1v) is 7.02. The Morgan fingerprint density at radius 3 is 2.85 bits per heavy atom. The molecule has 1 aromatic heterocycles. The van der Waals surface area contributed by atoms with Crippen molar-refractivity contribution in [2.24, 2.45) is 5.84 Å². The van der Waals surface area contributed by atoms with Crippen LogP contribution >= 0.6 is 23.4 Å². The van der Waals surface area contributed by atoms with E-state index in [4.69, 9.17) is 26.9 Å². The Bertz CT molecular complexity index is 641. The fourth-order valence-electron chi connectivity index (χ4n) is 1.69. The van der Waals surface area contributed by atoms with Gasteiger partial charge in [0, 0.05) is 4.90 Å². The predicted molar refractivity (Wildman–Crippen MR) is 76.4 cm³/mol. The molecule has 0 amide bonds. The number of nitrogens with one attached hydrogen (secondary N) is 1. The number of rotatable bonds is 3. The highest BCUT2D eigenvalue weighted by Crippen LogP contribution is 2.38. The zero-order valence-electron chi connectivity index (χ0n) is 10.3. The summed E-state index contributed by atoms with van der Waals surface area (Å²) in [6, 6.07) is 5.69. The molecule has 1 aliphatic rings. The molecule has 0 spiro atoms. The van der Waals surface area contributed by atoms with Gasteiger partial charge in [-0.2, -0.15) is 0 Å². The van der Waals surface area contributed by atoms with E-state index in [1.807, 2.05) is 18.2 Å². The number of nitrogen functional groups attached to an aromatic ring is 1. The van der Waals surface area contributed by atoms with Crippen molar-refractivity contribution in [3.63, 3.8) is 0 Å². The van der Waals surface area contributed by atoms with Gasteiger partial charge in [0.15, 0.2) is 11.5 Å². The number of hydrogen-bond acceptors (Lipinski definition) is 7. The lowest BCUT2D eigenvalue weighted by Gasteiger charge is -2.18. The van der Waals surface area contributed by atoms with Crippen molar-refractivity contribution in [1.82, 2.24) is 9.97 Å². The number of anilines is 1. The number of ether oxygens (including phenoxy) is 2. The van der Waals surface area contributed by atoms with Crippen LogP contribution in [0.1, 0.15) is 0 Å². The molecule has 6 nitrogen and oxygen atoms in total. The molecule has 0 unspecified atom stereocenters. The quantitative estimate of drug-likeness (QED) is 0.511. The van der Waals surface area contributed by atoms with Gasteiger partial charge >= 0.3 is 0 Å². The lowest BCUT2D eigenvalue weighted by atomic mass is 10.3. The number of hydrogen-bond donors (Lipinski definition) is 2. The van der Waals surface area contributed by atoms with Crippen LogP contribution in [0.5, 0.6) is 11.5 Å². The number of benzene rings is 1. The van der Waals surface area contributed by atoms with Gasteiger partial charge in [-0.1, -0.05) is 23.4 Å². The van der Waals surface area contributed by atoms with Gasteiger partial charge in [0.05, 0.1) is 11.2 Å². The minimum atomic E-state index is 0.314. The number of halogens is 1. The van der Waals surface area contributed by atoms with Crippen LogP contribution in [0.15, 0.2) is 34.3 Å². The van der Waals surface area contributed by atoms with E-state index in [2.05, 4.69) is 15.4 Å². The minimum absolute atomic E-state index is 0.314. The van der Waals surface area contributed by atoms with E-state index in [1.54, 1.807) is 0 Å². The van der Waals surface area contributed by atoms with Crippen LogP contribution in [-0.2, 0) is 0 Å². The first kappa shape index (κ1) is 13.3. The molecule has 2 heterocycles. The summed E-state index contributed by atoms with van der Waals surface area (Å²) in [6.07, 6.45) is 1.50. The monoisotopic (exact) mass is 310 g/mol. The van der Waals surface area contributed by atoms with Gasteiger partial charge in [-0.05, 0) is 18.2 Å². The maximum absolute atomic E-state index is 6.08. The lowest BCUT2D eigenvalue weighted by molar-refractivity contribution is 0.171. The summed E-state index contributed by atoms with van der Waals surface area (Å²) in [7, 11) is 0. The molecular formula is C12H11ClN4O2S. The second kappa shape index (κ2) is 5.74. The van der Waals surface area contributed by atoms with Gasteiger partial charge in [-0.3, -0.25) is 5.43 Å². The first-order valence-electron chi connectivity index (χ1n) is 5.83. The van der Waals surface area contributed by atoms with Gasteiger partial charge in [0.25, 0.3) is 0 Å². The number of nitrogens with zero attached hydrogens (tertiary/aromatic N) is 2. The Morgan fingerprint density at radius 1 is 1.25 bits per heavy atom. The summed E-state index contributed by atoms with van der Waals surface area (Å²) in [5.41, 5.74) is 2.39. The highest BCUT2D eigenvalue weighted by Gasteiger charge is 2.13. The molecule has 1 aromatic carbocycles. The molecule has 104 valence electrons. The molecular weight excluding hydrogens is 300 g/mol. The summed E-state index contributed by atoms with van der Waals surface area (Å²) in [5.74, 6) is 7.08. The molecule has 20 heavy (non-hydrogen) atoms. The molecule has 0 aliphatic carbocycles. The molecule has 0 bridgehead atoms.